The first kappa shape index (κ1) is 19.8. The monoisotopic (exact) mass is 363 g/mol. The Labute approximate surface area is 155 Å². The molecule has 1 aromatic rings. The number of nitrogens with zero attached hydrogens (tertiary/aromatic N) is 3. The quantitative estimate of drug-likeness (QED) is 0.471. The fourth-order valence-corrected chi connectivity index (χ4v) is 4.66. The van der Waals surface area contributed by atoms with Crippen molar-refractivity contribution in [1.82, 2.24) is 4.90 Å². The largest absolute Gasteiger partial charge is 0.344 e. The van der Waals surface area contributed by atoms with E-state index in [9.17, 15) is 10.1 Å². The number of nitro benzene ring substituents is 1. The van der Waals surface area contributed by atoms with Crippen molar-refractivity contribution in [3.05, 3.63) is 33.9 Å². The van der Waals surface area contributed by atoms with Gasteiger partial charge in [-0.25, -0.2) is 4.99 Å². The van der Waals surface area contributed by atoms with Crippen molar-refractivity contribution in [2.24, 2.45) is 10.9 Å². The predicted octanol–water partition coefficient (Wildman–Crippen LogP) is 5.54. The van der Waals surface area contributed by atoms with Crippen LogP contribution >= 0.6 is 11.8 Å². The molecule has 0 saturated carbocycles. The number of non-ortho nitro benzene ring substituents is 1. The predicted molar refractivity (Wildman–Crippen MR) is 107 cm³/mol. The maximum Gasteiger partial charge on any atom is 0.269 e. The maximum absolute atomic E-state index is 10.9. The number of aliphatic imine (C=N–C) groups is 1. The van der Waals surface area contributed by atoms with E-state index in [0.29, 0.717) is 18.0 Å². The number of nitro groups is 1. The van der Waals surface area contributed by atoms with Crippen molar-refractivity contribution in [3.8, 4) is 0 Å². The number of amidine groups is 1. The van der Waals surface area contributed by atoms with Crippen molar-refractivity contribution < 1.29 is 4.92 Å². The molecular weight excluding hydrogens is 334 g/mol. The van der Waals surface area contributed by atoms with Crippen LogP contribution in [0.2, 0.25) is 0 Å². The second kappa shape index (κ2) is 8.70. The molecule has 138 valence electrons. The van der Waals surface area contributed by atoms with Crippen molar-refractivity contribution in [2.45, 2.75) is 66.0 Å². The lowest BCUT2D eigenvalue weighted by atomic mass is 10.0. The average Bonchev–Trinajstić information content (AvgIpc) is 2.92. The van der Waals surface area contributed by atoms with Crippen LogP contribution in [-0.4, -0.2) is 32.8 Å². The smallest absolute Gasteiger partial charge is 0.269 e. The second-order valence-corrected chi connectivity index (χ2v) is 8.08. The Morgan fingerprint density at radius 3 is 2.56 bits per heavy atom. The fraction of sp³-hybridized carbons (Fsp3) is 0.632. The van der Waals surface area contributed by atoms with Crippen LogP contribution in [0, 0.1) is 23.0 Å². The Kier molecular flexibility index (Phi) is 6.87. The molecule has 2 rings (SSSR count). The van der Waals surface area contributed by atoms with Crippen LogP contribution < -0.4 is 0 Å². The minimum atomic E-state index is -0.358. The molecule has 5 nitrogen and oxygen atoms in total. The van der Waals surface area contributed by atoms with Crippen LogP contribution in [0.15, 0.2) is 23.2 Å². The lowest BCUT2D eigenvalue weighted by Crippen LogP contribution is -2.42. The minimum Gasteiger partial charge on any atom is -0.344 e. The van der Waals surface area contributed by atoms with Gasteiger partial charge in [-0.3, -0.25) is 10.1 Å². The average molecular weight is 364 g/mol. The fourth-order valence-electron chi connectivity index (χ4n) is 3.42. The van der Waals surface area contributed by atoms with Crippen LogP contribution in [0.3, 0.4) is 0 Å². The molecule has 0 spiro atoms. The Morgan fingerprint density at radius 1 is 1.36 bits per heavy atom. The first-order chi connectivity index (χ1) is 11.9. The van der Waals surface area contributed by atoms with Gasteiger partial charge in [-0.2, -0.15) is 0 Å². The van der Waals surface area contributed by atoms with E-state index in [-0.39, 0.29) is 10.6 Å². The normalized spacial score (nSPS) is 19.4. The molecule has 1 heterocycles. The van der Waals surface area contributed by atoms with Crippen molar-refractivity contribution in [3.63, 3.8) is 0 Å². The van der Waals surface area contributed by atoms with Gasteiger partial charge in [0.1, 0.15) is 0 Å². The van der Waals surface area contributed by atoms with E-state index in [1.807, 2.05) is 18.7 Å². The van der Waals surface area contributed by atoms with Gasteiger partial charge in [0, 0.05) is 30.0 Å². The highest BCUT2D eigenvalue weighted by atomic mass is 32.2. The number of aryl methyl sites for hydroxylation is 1. The molecule has 1 aliphatic rings. The summed E-state index contributed by atoms with van der Waals surface area (Å²) in [5.41, 5.74) is 1.79. The summed E-state index contributed by atoms with van der Waals surface area (Å²) >= 11 is 1.82. The molecule has 1 fully saturated rings. The van der Waals surface area contributed by atoms with Crippen molar-refractivity contribution in [1.29, 1.82) is 0 Å². The summed E-state index contributed by atoms with van der Waals surface area (Å²) in [5.74, 6) is 1.72. The van der Waals surface area contributed by atoms with E-state index in [0.717, 1.165) is 35.0 Å². The van der Waals surface area contributed by atoms with Gasteiger partial charge < -0.3 is 4.90 Å². The zero-order valence-electron chi connectivity index (χ0n) is 15.9. The van der Waals surface area contributed by atoms with Gasteiger partial charge in [-0.15, -0.1) is 0 Å². The Bertz CT molecular complexity index is 642. The minimum absolute atomic E-state index is 0.120. The Morgan fingerprint density at radius 2 is 2.04 bits per heavy atom. The highest BCUT2D eigenvalue weighted by Gasteiger charge is 2.34. The number of hydrogen-bond donors (Lipinski definition) is 0. The van der Waals surface area contributed by atoms with Gasteiger partial charge in [0.25, 0.3) is 5.69 Å². The molecule has 1 aliphatic heterocycles. The summed E-state index contributed by atoms with van der Waals surface area (Å²) in [6, 6.07) is 5.93. The Hall–Kier alpha value is -1.56. The molecule has 1 aromatic carbocycles. The van der Waals surface area contributed by atoms with Crippen molar-refractivity contribution >= 4 is 28.3 Å². The van der Waals surface area contributed by atoms with Gasteiger partial charge in [0.2, 0.25) is 0 Å². The first-order valence-electron chi connectivity index (χ1n) is 9.12. The first-order valence-corrected chi connectivity index (χ1v) is 10.1. The van der Waals surface area contributed by atoms with E-state index >= 15 is 0 Å². The maximum atomic E-state index is 10.9. The molecule has 0 aromatic heterocycles. The van der Waals surface area contributed by atoms with Crippen LogP contribution in [-0.2, 0) is 0 Å². The molecular formula is C19H29N3O2S. The van der Waals surface area contributed by atoms with E-state index in [2.05, 4.69) is 32.6 Å². The number of rotatable bonds is 7. The Balaban J connectivity index is 2.34. The molecule has 0 N–H and O–H groups in total. The van der Waals surface area contributed by atoms with Crippen LogP contribution in [0.1, 0.15) is 52.5 Å². The summed E-state index contributed by atoms with van der Waals surface area (Å²) in [6.07, 6.45) is 3.37. The third-order valence-electron chi connectivity index (χ3n) is 4.71. The lowest BCUT2D eigenvalue weighted by Gasteiger charge is -2.34. The van der Waals surface area contributed by atoms with Gasteiger partial charge in [0.15, 0.2) is 5.17 Å². The lowest BCUT2D eigenvalue weighted by molar-refractivity contribution is -0.384. The molecule has 1 unspecified atom stereocenters. The number of hydrogen-bond acceptors (Lipinski definition) is 4. The van der Waals surface area contributed by atoms with Crippen LogP contribution in [0.5, 0.6) is 0 Å². The van der Waals surface area contributed by atoms with Gasteiger partial charge in [0.05, 0.1) is 10.6 Å². The third-order valence-corrected chi connectivity index (χ3v) is 5.82. The number of benzene rings is 1. The third kappa shape index (κ3) is 4.75. The zero-order valence-corrected chi connectivity index (χ0v) is 16.7. The number of thioether (sulfide) groups is 1. The molecule has 1 atom stereocenters. The van der Waals surface area contributed by atoms with Gasteiger partial charge in [-0.1, -0.05) is 39.5 Å². The standard InChI is InChI=1S/C19H29N3O2S/c1-6-15(7-2)21-17(10-13(3)4)12-25-19(21)20-18-9-8-16(22(23)24)11-14(18)5/h8-9,11,13,15,17H,6-7,10,12H2,1-5H3. The molecule has 0 radical (unpaired) electrons. The van der Waals surface area contributed by atoms with Crippen LogP contribution in [0.25, 0.3) is 0 Å². The molecule has 6 heteroatoms. The molecule has 25 heavy (non-hydrogen) atoms. The summed E-state index contributed by atoms with van der Waals surface area (Å²) in [6.45, 7) is 10.9. The van der Waals surface area contributed by atoms with E-state index < -0.39 is 0 Å². The van der Waals surface area contributed by atoms with E-state index in [1.54, 1.807) is 18.2 Å². The second-order valence-electron chi connectivity index (χ2n) is 7.09. The molecule has 0 amide bonds. The molecule has 1 saturated heterocycles. The molecule has 0 aliphatic carbocycles. The van der Waals surface area contributed by atoms with Crippen LogP contribution in [0.4, 0.5) is 11.4 Å². The molecule has 0 bridgehead atoms. The van der Waals surface area contributed by atoms with Gasteiger partial charge >= 0.3 is 0 Å². The highest BCUT2D eigenvalue weighted by Crippen LogP contribution is 2.34. The summed E-state index contributed by atoms with van der Waals surface area (Å²) in [5, 5.41) is 12.0. The van der Waals surface area contributed by atoms with E-state index in [1.165, 1.54) is 6.42 Å². The SMILES string of the molecule is CCC(CC)N1C(=Nc2ccc([N+](=O)[O-])cc2C)SCC1CC(C)C. The summed E-state index contributed by atoms with van der Waals surface area (Å²) < 4.78 is 0. The topological polar surface area (TPSA) is 58.7 Å². The summed E-state index contributed by atoms with van der Waals surface area (Å²) in [7, 11) is 0. The highest BCUT2D eigenvalue weighted by molar-refractivity contribution is 8.14. The zero-order chi connectivity index (χ0) is 18.6. The van der Waals surface area contributed by atoms with E-state index in [4.69, 9.17) is 4.99 Å². The van der Waals surface area contributed by atoms with Crippen molar-refractivity contribution in [2.75, 3.05) is 5.75 Å². The summed E-state index contributed by atoms with van der Waals surface area (Å²) in [4.78, 5) is 18.0. The van der Waals surface area contributed by atoms with Gasteiger partial charge in [-0.05, 0) is 43.7 Å².